The van der Waals surface area contributed by atoms with E-state index in [0.29, 0.717) is 30.6 Å². The van der Waals surface area contributed by atoms with Gasteiger partial charge in [-0.3, -0.25) is 19.6 Å². The summed E-state index contributed by atoms with van der Waals surface area (Å²) in [5.41, 5.74) is 2.82. The minimum absolute atomic E-state index is 0.126. The van der Waals surface area contributed by atoms with Gasteiger partial charge in [-0.15, -0.1) is 0 Å². The van der Waals surface area contributed by atoms with Crippen molar-refractivity contribution in [2.45, 2.75) is 13.0 Å². The minimum Gasteiger partial charge on any atom is -0.352 e. The highest BCUT2D eigenvalue weighted by molar-refractivity contribution is 6.02. The molecule has 1 aromatic heterocycles. The second-order valence-corrected chi connectivity index (χ2v) is 4.76. The van der Waals surface area contributed by atoms with Crippen molar-refractivity contribution in [1.82, 2.24) is 20.6 Å². The first-order chi connectivity index (χ1) is 10.2. The number of nitrogens with zero attached hydrogens (tertiary/aromatic N) is 2. The Morgan fingerprint density at radius 2 is 2.24 bits per heavy atom. The summed E-state index contributed by atoms with van der Waals surface area (Å²) in [5.74, 6) is -0.319. The van der Waals surface area contributed by atoms with E-state index < -0.39 is 0 Å². The van der Waals surface area contributed by atoms with Crippen molar-refractivity contribution >= 4 is 11.8 Å². The number of aromatic nitrogens is 2. The molecule has 0 saturated heterocycles. The van der Waals surface area contributed by atoms with Crippen LogP contribution in [0, 0.1) is 0 Å². The average molecular weight is 282 g/mol. The summed E-state index contributed by atoms with van der Waals surface area (Å²) in [7, 11) is 0. The summed E-state index contributed by atoms with van der Waals surface area (Å²) in [6.07, 6.45) is 5.52. The molecule has 2 heterocycles. The van der Waals surface area contributed by atoms with Gasteiger partial charge in [0.25, 0.3) is 11.8 Å². The van der Waals surface area contributed by atoms with E-state index in [1.165, 1.54) is 0 Å². The lowest BCUT2D eigenvalue weighted by Gasteiger charge is -2.06. The van der Waals surface area contributed by atoms with Gasteiger partial charge in [0.1, 0.15) is 0 Å². The smallest absolute Gasteiger partial charge is 0.251 e. The number of fused-ring (bicyclic) bond motifs is 1. The molecule has 0 radical (unpaired) electrons. The van der Waals surface area contributed by atoms with Gasteiger partial charge >= 0.3 is 0 Å². The fourth-order valence-electron chi connectivity index (χ4n) is 2.22. The van der Waals surface area contributed by atoms with Crippen molar-refractivity contribution in [3.8, 4) is 0 Å². The molecule has 0 aliphatic carbocycles. The molecule has 1 aliphatic heterocycles. The molecule has 2 N–H and O–H groups in total. The fraction of sp³-hybridized carbons (Fsp3) is 0.200. The summed E-state index contributed by atoms with van der Waals surface area (Å²) < 4.78 is 0. The van der Waals surface area contributed by atoms with Gasteiger partial charge < -0.3 is 10.6 Å². The number of benzene rings is 1. The summed E-state index contributed by atoms with van der Waals surface area (Å²) >= 11 is 0. The average Bonchev–Trinajstić information content (AvgIpc) is 2.89. The van der Waals surface area contributed by atoms with Crippen LogP contribution in [0.15, 0.2) is 36.8 Å². The maximum atomic E-state index is 12.1. The van der Waals surface area contributed by atoms with Gasteiger partial charge in [0.05, 0.1) is 5.69 Å². The fourth-order valence-corrected chi connectivity index (χ4v) is 2.22. The Morgan fingerprint density at radius 1 is 1.33 bits per heavy atom. The van der Waals surface area contributed by atoms with Crippen LogP contribution >= 0.6 is 0 Å². The molecule has 0 bridgehead atoms. The molecule has 0 spiro atoms. The Labute approximate surface area is 121 Å². The molecule has 106 valence electrons. The van der Waals surface area contributed by atoms with E-state index in [9.17, 15) is 9.59 Å². The molecule has 1 aromatic carbocycles. The highest BCUT2D eigenvalue weighted by atomic mass is 16.2. The molecule has 6 heteroatoms. The highest BCUT2D eigenvalue weighted by Gasteiger charge is 2.20. The van der Waals surface area contributed by atoms with Crippen LogP contribution in [0.3, 0.4) is 0 Å². The Kier molecular flexibility index (Phi) is 3.59. The molecule has 1 aliphatic rings. The van der Waals surface area contributed by atoms with Gasteiger partial charge in [-0.05, 0) is 17.7 Å². The zero-order valence-corrected chi connectivity index (χ0v) is 11.3. The molecule has 6 nitrogen and oxygen atoms in total. The topological polar surface area (TPSA) is 84.0 Å². The molecule has 0 fully saturated rings. The monoisotopic (exact) mass is 282 g/mol. The van der Waals surface area contributed by atoms with E-state index in [1.807, 2.05) is 6.07 Å². The normalized spacial score (nSPS) is 12.7. The molecule has 21 heavy (non-hydrogen) atoms. The largest absolute Gasteiger partial charge is 0.352 e. The number of carbonyl (C=O) groups is 2. The van der Waals surface area contributed by atoms with Crippen LogP contribution in [0.25, 0.3) is 0 Å². The molecule has 2 amide bonds. The van der Waals surface area contributed by atoms with Crippen molar-refractivity contribution in [2.24, 2.45) is 0 Å². The van der Waals surface area contributed by atoms with E-state index in [1.54, 1.807) is 30.7 Å². The molecule has 3 rings (SSSR count). The first-order valence-corrected chi connectivity index (χ1v) is 6.68. The van der Waals surface area contributed by atoms with Crippen LogP contribution in [0.2, 0.25) is 0 Å². The Balaban J connectivity index is 1.61. The highest BCUT2D eigenvalue weighted by Crippen LogP contribution is 2.17. The van der Waals surface area contributed by atoms with Crippen LogP contribution in [0.5, 0.6) is 0 Å². The maximum absolute atomic E-state index is 12.1. The lowest BCUT2D eigenvalue weighted by atomic mass is 10.1. The number of amides is 2. The number of hydrogen-bond donors (Lipinski definition) is 2. The minimum atomic E-state index is -0.193. The van der Waals surface area contributed by atoms with Crippen LogP contribution in [0.1, 0.15) is 32.0 Å². The zero-order valence-electron chi connectivity index (χ0n) is 11.3. The molecule has 0 atom stereocenters. The Morgan fingerprint density at radius 3 is 3.05 bits per heavy atom. The second kappa shape index (κ2) is 5.70. The van der Waals surface area contributed by atoms with Gasteiger partial charge in [0.15, 0.2) is 0 Å². The van der Waals surface area contributed by atoms with E-state index in [2.05, 4.69) is 20.6 Å². The van der Waals surface area contributed by atoms with E-state index >= 15 is 0 Å². The Hall–Kier alpha value is -2.76. The van der Waals surface area contributed by atoms with E-state index in [4.69, 9.17) is 0 Å². The van der Waals surface area contributed by atoms with Crippen LogP contribution in [0.4, 0.5) is 0 Å². The summed E-state index contributed by atoms with van der Waals surface area (Å²) in [6, 6.07) is 5.18. The molecular formula is C15H14N4O2. The van der Waals surface area contributed by atoms with Crippen LogP contribution < -0.4 is 10.6 Å². The lowest BCUT2D eigenvalue weighted by Crippen LogP contribution is -2.26. The summed E-state index contributed by atoms with van der Waals surface area (Å²) in [4.78, 5) is 31.8. The van der Waals surface area contributed by atoms with Crippen molar-refractivity contribution in [3.63, 3.8) is 0 Å². The van der Waals surface area contributed by atoms with Crippen molar-refractivity contribution in [1.29, 1.82) is 0 Å². The SMILES string of the molecule is O=C(NCCc1cnccn1)c1ccc2c(c1)C(=O)NC2. The molecule has 2 aromatic rings. The number of carbonyl (C=O) groups excluding carboxylic acids is 2. The predicted octanol–water partition coefficient (Wildman–Crippen LogP) is 0.692. The van der Waals surface area contributed by atoms with Gasteiger partial charge in [-0.25, -0.2) is 0 Å². The lowest BCUT2D eigenvalue weighted by molar-refractivity contribution is 0.0954. The van der Waals surface area contributed by atoms with Gasteiger partial charge in [0.2, 0.25) is 0 Å². The number of nitrogens with one attached hydrogen (secondary N) is 2. The third-order valence-electron chi connectivity index (χ3n) is 3.34. The van der Waals surface area contributed by atoms with Crippen molar-refractivity contribution in [2.75, 3.05) is 6.54 Å². The van der Waals surface area contributed by atoms with Crippen LogP contribution in [-0.4, -0.2) is 28.3 Å². The standard InChI is InChI=1S/C15H14N4O2/c20-14(18-4-3-12-9-16-5-6-17-12)10-1-2-11-8-19-15(21)13(11)7-10/h1-2,5-7,9H,3-4,8H2,(H,18,20)(H,19,21). The van der Waals surface area contributed by atoms with Crippen molar-refractivity contribution in [3.05, 3.63) is 59.2 Å². The predicted molar refractivity (Wildman–Crippen MR) is 75.7 cm³/mol. The second-order valence-electron chi connectivity index (χ2n) is 4.76. The molecule has 0 unspecified atom stereocenters. The van der Waals surface area contributed by atoms with Gasteiger partial charge in [0, 0.05) is 49.2 Å². The van der Waals surface area contributed by atoms with Gasteiger partial charge in [-0.1, -0.05) is 6.07 Å². The summed E-state index contributed by atoms with van der Waals surface area (Å²) in [5, 5.41) is 5.54. The number of rotatable bonds is 4. The molecule has 0 saturated carbocycles. The maximum Gasteiger partial charge on any atom is 0.251 e. The first-order valence-electron chi connectivity index (χ1n) is 6.68. The summed E-state index contributed by atoms with van der Waals surface area (Å²) in [6.45, 7) is 1.00. The quantitative estimate of drug-likeness (QED) is 0.864. The third-order valence-corrected chi connectivity index (χ3v) is 3.34. The molecular weight excluding hydrogens is 268 g/mol. The van der Waals surface area contributed by atoms with E-state index in [0.717, 1.165) is 11.3 Å². The van der Waals surface area contributed by atoms with Crippen molar-refractivity contribution < 1.29 is 9.59 Å². The first kappa shape index (κ1) is 13.2. The Bertz CT molecular complexity index is 685. The third kappa shape index (κ3) is 2.89. The van der Waals surface area contributed by atoms with Gasteiger partial charge in [-0.2, -0.15) is 0 Å². The van der Waals surface area contributed by atoms with E-state index in [-0.39, 0.29) is 11.8 Å². The number of hydrogen-bond acceptors (Lipinski definition) is 4. The van der Waals surface area contributed by atoms with Crippen LogP contribution in [-0.2, 0) is 13.0 Å². The zero-order chi connectivity index (χ0) is 14.7.